The third-order valence-corrected chi connectivity index (χ3v) is 3.32. The van der Waals surface area contributed by atoms with Crippen LogP contribution in [0.5, 0.6) is 11.5 Å². The Morgan fingerprint density at radius 1 is 0.684 bits per heavy atom. The Labute approximate surface area is 120 Å². The number of benzene rings is 2. The highest BCUT2D eigenvalue weighted by Crippen LogP contribution is 2.20. The summed E-state index contributed by atoms with van der Waals surface area (Å²) in [5.74, 6) is 0.219. The molecule has 7 heteroatoms. The van der Waals surface area contributed by atoms with Crippen molar-refractivity contribution >= 4 is 33.6 Å². The van der Waals surface area contributed by atoms with Gasteiger partial charge in [0.05, 0.1) is 0 Å². The van der Waals surface area contributed by atoms with Crippen molar-refractivity contribution in [2.45, 2.75) is 0 Å². The van der Waals surface area contributed by atoms with Crippen molar-refractivity contribution < 1.29 is 16.8 Å². The van der Waals surface area contributed by atoms with Crippen molar-refractivity contribution in [1.82, 2.24) is 0 Å². The third kappa shape index (κ3) is 4.31. The normalized spacial score (nSPS) is 11.1. The fourth-order valence-electron chi connectivity index (χ4n) is 1.23. The lowest BCUT2D eigenvalue weighted by Crippen LogP contribution is -2.16. The molecular formula is C12H8Cl2O4S. The molecule has 19 heavy (non-hydrogen) atoms. The van der Waals surface area contributed by atoms with E-state index in [2.05, 4.69) is 0 Å². The second kappa shape index (κ2) is 5.69. The molecule has 2 aromatic carbocycles. The highest BCUT2D eigenvalue weighted by molar-refractivity contribution is 7.82. The van der Waals surface area contributed by atoms with Crippen LogP contribution in [0.2, 0.25) is 10.0 Å². The van der Waals surface area contributed by atoms with Gasteiger partial charge in [-0.2, -0.15) is 0 Å². The molecule has 0 N–H and O–H groups in total. The summed E-state index contributed by atoms with van der Waals surface area (Å²) >= 11 is 11.4. The largest absolute Gasteiger partial charge is 0.500 e. The van der Waals surface area contributed by atoms with Gasteiger partial charge in [0.1, 0.15) is 11.5 Å². The van der Waals surface area contributed by atoms with Crippen LogP contribution in [0.1, 0.15) is 0 Å². The van der Waals surface area contributed by atoms with Gasteiger partial charge in [-0.3, -0.25) is 0 Å². The Balaban J connectivity index is 2.10. The SMILES string of the molecule is O=S(=O)(Oc1ccc(Cl)cc1)Oc1ccc(Cl)cc1. The average Bonchev–Trinajstić information content (AvgIpc) is 2.34. The molecule has 0 heterocycles. The topological polar surface area (TPSA) is 52.6 Å². The van der Waals surface area contributed by atoms with Gasteiger partial charge in [0.2, 0.25) is 0 Å². The summed E-state index contributed by atoms with van der Waals surface area (Å²) in [4.78, 5) is 0. The maximum absolute atomic E-state index is 11.6. The number of rotatable bonds is 4. The molecule has 0 saturated carbocycles. The summed E-state index contributed by atoms with van der Waals surface area (Å²) in [5.41, 5.74) is 0. The molecule has 100 valence electrons. The van der Waals surface area contributed by atoms with Crippen LogP contribution < -0.4 is 8.37 Å². The molecule has 0 fully saturated rings. The van der Waals surface area contributed by atoms with Crippen molar-refractivity contribution in [3.63, 3.8) is 0 Å². The zero-order valence-electron chi connectivity index (χ0n) is 9.42. The molecule has 0 amide bonds. The van der Waals surface area contributed by atoms with Crippen LogP contribution >= 0.6 is 23.2 Å². The average molecular weight is 319 g/mol. The van der Waals surface area contributed by atoms with E-state index in [-0.39, 0.29) is 11.5 Å². The van der Waals surface area contributed by atoms with Crippen molar-refractivity contribution in [1.29, 1.82) is 0 Å². The van der Waals surface area contributed by atoms with E-state index >= 15 is 0 Å². The summed E-state index contributed by atoms with van der Waals surface area (Å²) in [6, 6.07) is 11.7. The fourth-order valence-corrected chi connectivity index (χ4v) is 2.21. The minimum Gasteiger partial charge on any atom is -0.353 e. The van der Waals surface area contributed by atoms with Crippen LogP contribution in [0.4, 0.5) is 0 Å². The van der Waals surface area contributed by atoms with Crippen LogP contribution in [-0.2, 0) is 10.4 Å². The molecule has 2 rings (SSSR count). The molecule has 0 radical (unpaired) electrons. The highest BCUT2D eigenvalue weighted by Gasteiger charge is 2.15. The molecule has 0 atom stereocenters. The van der Waals surface area contributed by atoms with E-state index < -0.39 is 10.4 Å². The summed E-state index contributed by atoms with van der Waals surface area (Å²) in [7, 11) is -4.20. The van der Waals surface area contributed by atoms with Gasteiger partial charge in [-0.15, -0.1) is 8.42 Å². The Bertz CT molecular complexity index is 598. The van der Waals surface area contributed by atoms with Gasteiger partial charge in [-0.25, -0.2) is 0 Å². The minimum absolute atomic E-state index is 0.110. The summed E-state index contributed by atoms with van der Waals surface area (Å²) in [6.07, 6.45) is 0. The van der Waals surface area contributed by atoms with E-state index in [1.54, 1.807) is 0 Å². The first-order chi connectivity index (χ1) is 8.94. The first kappa shape index (κ1) is 14.0. The number of halogens is 2. The Morgan fingerprint density at radius 3 is 1.32 bits per heavy atom. The predicted octanol–water partition coefficient (Wildman–Crippen LogP) is 3.70. The maximum atomic E-state index is 11.6. The molecule has 0 unspecified atom stereocenters. The lowest BCUT2D eigenvalue weighted by molar-refractivity contribution is 0.392. The molecule has 0 aliphatic heterocycles. The Kier molecular flexibility index (Phi) is 4.19. The second-order valence-corrected chi connectivity index (χ2v) is 5.51. The molecule has 0 aromatic heterocycles. The Hall–Kier alpha value is -1.43. The van der Waals surface area contributed by atoms with Crippen LogP contribution in [0, 0.1) is 0 Å². The standard InChI is InChI=1S/C12H8Cl2O4S/c13-9-1-5-11(6-2-9)17-19(15,16)18-12-7-3-10(14)4-8-12/h1-8H. The molecule has 0 aliphatic rings. The maximum Gasteiger partial charge on any atom is 0.500 e. The summed E-state index contributed by atoms with van der Waals surface area (Å²) in [5, 5.41) is 0.951. The molecule has 0 spiro atoms. The van der Waals surface area contributed by atoms with E-state index in [4.69, 9.17) is 31.6 Å². The fraction of sp³-hybridized carbons (Fsp3) is 0. The zero-order chi connectivity index (χ0) is 13.9. The van der Waals surface area contributed by atoms with Gasteiger partial charge in [0.25, 0.3) is 0 Å². The first-order valence-corrected chi connectivity index (χ1v) is 7.18. The van der Waals surface area contributed by atoms with Crippen LogP contribution in [-0.4, -0.2) is 8.42 Å². The lowest BCUT2D eigenvalue weighted by atomic mass is 10.3. The van der Waals surface area contributed by atoms with Crippen LogP contribution in [0.15, 0.2) is 48.5 Å². The summed E-state index contributed by atoms with van der Waals surface area (Å²) < 4.78 is 32.8. The smallest absolute Gasteiger partial charge is 0.353 e. The number of hydrogen-bond acceptors (Lipinski definition) is 4. The molecule has 0 aliphatic carbocycles. The van der Waals surface area contributed by atoms with Gasteiger partial charge in [-0.1, -0.05) is 23.2 Å². The quantitative estimate of drug-likeness (QED) is 0.862. The van der Waals surface area contributed by atoms with Gasteiger partial charge < -0.3 is 8.37 Å². The van der Waals surface area contributed by atoms with E-state index in [1.807, 2.05) is 0 Å². The van der Waals surface area contributed by atoms with Gasteiger partial charge >= 0.3 is 10.4 Å². The van der Waals surface area contributed by atoms with Crippen molar-refractivity contribution in [3.8, 4) is 11.5 Å². The monoisotopic (exact) mass is 318 g/mol. The van der Waals surface area contributed by atoms with Crippen molar-refractivity contribution in [3.05, 3.63) is 58.6 Å². The van der Waals surface area contributed by atoms with Crippen LogP contribution in [0.3, 0.4) is 0 Å². The van der Waals surface area contributed by atoms with Gasteiger partial charge in [0, 0.05) is 10.0 Å². The summed E-state index contributed by atoms with van der Waals surface area (Å²) in [6.45, 7) is 0. The highest BCUT2D eigenvalue weighted by atomic mass is 35.5. The zero-order valence-corrected chi connectivity index (χ0v) is 11.7. The molecule has 2 aromatic rings. The van der Waals surface area contributed by atoms with E-state index in [0.29, 0.717) is 10.0 Å². The molecular weight excluding hydrogens is 311 g/mol. The first-order valence-electron chi connectivity index (χ1n) is 5.10. The molecule has 4 nitrogen and oxygen atoms in total. The number of hydrogen-bond donors (Lipinski definition) is 0. The molecule has 0 saturated heterocycles. The second-order valence-electron chi connectivity index (χ2n) is 3.48. The van der Waals surface area contributed by atoms with Gasteiger partial charge in [0.15, 0.2) is 0 Å². The minimum atomic E-state index is -4.20. The third-order valence-electron chi connectivity index (χ3n) is 2.02. The Morgan fingerprint density at radius 2 is 1.00 bits per heavy atom. The van der Waals surface area contributed by atoms with E-state index in [0.717, 1.165) is 0 Å². The molecule has 0 bridgehead atoms. The van der Waals surface area contributed by atoms with Gasteiger partial charge in [-0.05, 0) is 48.5 Å². The van der Waals surface area contributed by atoms with E-state index in [1.165, 1.54) is 48.5 Å². The van der Waals surface area contributed by atoms with Crippen molar-refractivity contribution in [2.75, 3.05) is 0 Å². The van der Waals surface area contributed by atoms with E-state index in [9.17, 15) is 8.42 Å². The predicted molar refractivity (Wildman–Crippen MR) is 73.1 cm³/mol. The lowest BCUT2D eigenvalue weighted by Gasteiger charge is -2.07. The van der Waals surface area contributed by atoms with Crippen molar-refractivity contribution in [2.24, 2.45) is 0 Å². The van der Waals surface area contributed by atoms with Crippen LogP contribution in [0.25, 0.3) is 0 Å².